The largest absolute Gasteiger partial charge is 0.497 e. The fourth-order valence-electron chi connectivity index (χ4n) is 2.85. The molecule has 0 fully saturated rings. The second-order valence-corrected chi connectivity index (χ2v) is 7.31. The van der Waals surface area contributed by atoms with Gasteiger partial charge < -0.3 is 15.4 Å². The SMILES string of the molecule is COc1ccc(CN(C(=O)[C@H](C)N)c2ccsc2C(=O)c2ccccc2)cc1. The van der Waals surface area contributed by atoms with Crippen molar-refractivity contribution in [2.24, 2.45) is 5.73 Å². The Morgan fingerprint density at radius 1 is 1.07 bits per heavy atom. The molecule has 2 N–H and O–H groups in total. The Morgan fingerprint density at radius 2 is 1.75 bits per heavy atom. The van der Waals surface area contributed by atoms with Crippen molar-refractivity contribution in [3.63, 3.8) is 0 Å². The minimum atomic E-state index is -0.683. The summed E-state index contributed by atoms with van der Waals surface area (Å²) in [5.74, 6) is 0.392. The van der Waals surface area contributed by atoms with Gasteiger partial charge in [-0.2, -0.15) is 0 Å². The molecule has 1 heterocycles. The Bertz CT molecular complexity index is 949. The lowest BCUT2D eigenvalue weighted by Gasteiger charge is -2.25. The van der Waals surface area contributed by atoms with E-state index in [4.69, 9.17) is 10.5 Å². The lowest BCUT2D eigenvalue weighted by Crippen LogP contribution is -2.42. The molecule has 0 aliphatic carbocycles. The molecule has 2 aromatic carbocycles. The van der Waals surface area contributed by atoms with Crippen molar-refractivity contribution in [3.05, 3.63) is 82.0 Å². The second-order valence-electron chi connectivity index (χ2n) is 6.39. The summed E-state index contributed by atoms with van der Waals surface area (Å²) >= 11 is 1.32. The van der Waals surface area contributed by atoms with Crippen LogP contribution < -0.4 is 15.4 Å². The number of nitrogens with two attached hydrogens (primary N) is 1. The van der Waals surface area contributed by atoms with Gasteiger partial charge in [-0.15, -0.1) is 11.3 Å². The van der Waals surface area contributed by atoms with E-state index in [-0.39, 0.29) is 11.7 Å². The maximum atomic E-state index is 13.0. The summed E-state index contributed by atoms with van der Waals surface area (Å²) in [6.45, 7) is 1.96. The van der Waals surface area contributed by atoms with Crippen LogP contribution in [-0.2, 0) is 11.3 Å². The Hall–Kier alpha value is -2.96. The molecule has 1 amide bonds. The smallest absolute Gasteiger partial charge is 0.243 e. The molecule has 0 unspecified atom stereocenters. The number of benzene rings is 2. The summed E-state index contributed by atoms with van der Waals surface area (Å²) in [6, 6.07) is 17.6. The highest BCUT2D eigenvalue weighted by atomic mass is 32.1. The molecule has 5 nitrogen and oxygen atoms in total. The van der Waals surface area contributed by atoms with Gasteiger partial charge in [0, 0.05) is 5.56 Å². The van der Waals surface area contributed by atoms with E-state index in [1.807, 2.05) is 47.8 Å². The lowest BCUT2D eigenvalue weighted by molar-refractivity contribution is -0.119. The minimum absolute atomic E-state index is 0.109. The van der Waals surface area contributed by atoms with Crippen LogP contribution in [0, 0.1) is 0 Å². The number of ether oxygens (including phenoxy) is 1. The molecule has 0 radical (unpaired) electrons. The molecule has 0 saturated heterocycles. The first-order valence-electron chi connectivity index (χ1n) is 8.88. The first-order valence-corrected chi connectivity index (χ1v) is 9.76. The van der Waals surface area contributed by atoms with Crippen LogP contribution in [0.15, 0.2) is 66.0 Å². The van der Waals surface area contributed by atoms with Gasteiger partial charge >= 0.3 is 0 Å². The molecular weight excluding hydrogens is 372 g/mol. The normalized spacial score (nSPS) is 11.7. The van der Waals surface area contributed by atoms with E-state index in [1.165, 1.54) is 11.3 Å². The molecule has 0 aliphatic heterocycles. The first-order chi connectivity index (χ1) is 13.5. The van der Waals surface area contributed by atoms with Gasteiger partial charge in [-0.05, 0) is 36.1 Å². The standard InChI is InChI=1S/C22H22N2O3S/c1-15(23)22(26)24(14-16-8-10-18(27-2)11-9-16)19-12-13-28-21(19)20(25)17-6-4-3-5-7-17/h3-13,15H,14,23H2,1-2H3/t15-/m0/s1. The van der Waals surface area contributed by atoms with Gasteiger partial charge in [0.25, 0.3) is 0 Å². The van der Waals surface area contributed by atoms with Gasteiger partial charge in [0.1, 0.15) is 5.75 Å². The van der Waals surface area contributed by atoms with Crippen LogP contribution >= 0.6 is 11.3 Å². The number of anilines is 1. The summed E-state index contributed by atoms with van der Waals surface area (Å²) in [4.78, 5) is 27.9. The van der Waals surface area contributed by atoms with Crippen LogP contribution in [0.4, 0.5) is 5.69 Å². The summed E-state index contributed by atoms with van der Waals surface area (Å²) < 4.78 is 5.19. The minimum Gasteiger partial charge on any atom is -0.497 e. The number of thiophene rings is 1. The van der Waals surface area contributed by atoms with E-state index in [2.05, 4.69) is 0 Å². The van der Waals surface area contributed by atoms with Gasteiger partial charge in [-0.1, -0.05) is 42.5 Å². The number of carbonyl (C=O) groups excluding carboxylic acids is 2. The lowest BCUT2D eigenvalue weighted by atomic mass is 10.1. The molecule has 3 rings (SSSR count). The monoisotopic (exact) mass is 394 g/mol. The van der Waals surface area contributed by atoms with E-state index in [1.54, 1.807) is 37.1 Å². The zero-order valence-electron chi connectivity index (χ0n) is 15.8. The summed E-state index contributed by atoms with van der Waals surface area (Å²) in [5, 5.41) is 1.82. The maximum Gasteiger partial charge on any atom is 0.243 e. The highest BCUT2D eigenvalue weighted by Gasteiger charge is 2.26. The number of amides is 1. The number of carbonyl (C=O) groups is 2. The Morgan fingerprint density at radius 3 is 2.36 bits per heavy atom. The van der Waals surface area contributed by atoms with Crippen molar-refractivity contribution in [1.82, 2.24) is 0 Å². The number of hydrogen-bond donors (Lipinski definition) is 1. The number of hydrogen-bond acceptors (Lipinski definition) is 5. The zero-order valence-corrected chi connectivity index (χ0v) is 16.6. The van der Waals surface area contributed by atoms with E-state index in [9.17, 15) is 9.59 Å². The Kier molecular flexibility index (Phi) is 6.23. The summed E-state index contributed by atoms with van der Waals surface area (Å²) in [5.41, 5.74) is 7.97. The Balaban J connectivity index is 1.96. The fraction of sp³-hybridized carbons (Fsp3) is 0.182. The van der Waals surface area contributed by atoms with Crippen molar-refractivity contribution in [3.8, 4) is 5.75 Å². The summed E-state index contributed by atoms with van der Waals surface area (Å²) in [6.07, 6.45) is 0. The molecule has 144 valence electrons. The predicted molar refractivity (Wildman–Crippen MR) is 112 cm³/mol. The van der Waals surface area contributed by atoms with Gasteiger partial charge in [0.15, 0.2) is 0 Å². The summed E-state index contributed by atoms with van der Waals surface area (Å²) in [7, 11) is 1.60. The van der Waals surface area contributed by atoms with Gasteiger partial charge in [-0.25, -0.2) is 0 Å². The maximum absolute atomic E-state index is 13.0. The van der Waals surface area contributed by atoms with Crippen molar-refractivity contribution in [2.45, 2.75) is 19.5 Å². The molecule has 6 heteroatoms. The van der Waals surface area contributed by atoms with Gasteiger partial charge in [0.05, 0.1) is 30.3 Å². The van der Waals surface area contributed by atoms with Crippen molar-refractivity contribution >= 4 is 28.7 Å². The van der Waals surface area contributed by atoms with Crippen molar-refractivity contribution in [1.29, 1.82) is 0 Å². The molecule has 3 aromatic rings. The molecule has 0 spiro atoms. The third kappa shape index (κ3) is 4.30. The molecule has 1 aromatic heterocycles. The first kappa shape index (κ1) is 19.8. The topological polar surface area (TPSA) is 72.6 Å². The number of nitrogens with zero attached hydrogens (tertiary/aromatic N) is 1. The van der Waals surface area contributed by atoms with Crippen LogP contribution in [-0.4, -0.2) is 24.8 Å². The quantitative estimate of drug-likeness (QED) is 0.618. The van der Waals surface area contributed by atoms with Crippen LogP contribution in [0.5, 0.6) is 5.75 Å². The molecular formula is C22H22N2O3S. The third-order valence-corrected chi connectivity index (χ3v) is 5.24. The van der Waals surface area contributed by atoms with Crippen molar-refractivity contribution < 1.29 is 14.3 Å². The fourth-order valence-corrected chi connectivity index (χ4v) is 3.70. The molecule has 0 saturated carbocycles. The highest BCUT2D eigenvalue weighted by molar-refractivity contribution is 7.13. The Labute approximate surface area is 168 Å². The number of ketones is 1. The van der Waals surface area contributed by atoms with Gasteiger partial charge in [0.2, 0.25) is 11.7 Å². The molecule has 1 atom stereocenters. The van der Waals surface area contributed by atoms with E-state index in [0.717, 1.165) is 11.3 Å². The number of rotatable bonds is 7. The van der Waals surface area contributed by atoms with Crippen LogP contribution in [0.2, 0.25) is 0 Å². The zero-order chi connectivity index (χ0) is 20.1. The number of methoxy groups -OCH3 is 1. The van der Waals surface area contributed by atoms with Crippen LogP contribution in [0.25, 0.3) is 0 Å². The molecule has 28 heavy (non-hydrogen) atoms. The second kappa shape index (κ2) is 8.82. The predicted octanol–water partition coefficient (Wildman–Crippen LogP) is 3.87. The third-order valence-electron chi connectivity index (χ3n) is 4.33. The molecule has 0 aliphatic rings. The van der Waals surface area contributed by atoms with Gasteiger partial charge in [-0.3, -0.25) is 9.59 Å². The highest BCUT2D eigenvalue weighted by Crippen LogP contribution is 2.31. The van der Waals surface area contributed by atoms with E-state index in [0.29, 0.717) is 22.7 Å². The van der Waals surface area contributed by atoms with Crippen LogP contribution in [0.3, 0.4) is 0 Å². The van der Waals surface area contributed by atoms with Crippen molar-refractivity contribution in [2.75, 3.05) is 12.0 Å². The van der Waals surface area contributed by atoms with Crippen LogP contribution in [0.1, 0.15) is 27.7 Å². The average Bonchev–Trinajstić information content (AvgIpc) is 3.21. The molecule has 0 bridgehead atoms. The van der Waals surface area contributed by atoms with E-state index < -0.39 is 6.04 Å². The van der Waals surface area contributed by atoms with E-state index >= 15 is 0 Å². The average molecular weight is 394 g/mol.